The summed E-state index contributed by atoms with van der Waals surface area (Å²) in [5.74, 6) is -0.963. The number of anilines is 1. The van der Waals surface area contributed by atoms with E-state index in [4.69, 9.17) is 5.11 Å². The van der Waals surface area contributed by atoms with Crippen LogP contribution in [-0.2, 0) is 0 Å². The number of carboxylic acid groups (broad SMARTS) is 1. The summed E-state index contributed by atoms with van der Waals surface area (Å²) in [6, 6.07) is 1.65. The van der Waals surface area contributed by atoms with Crippen molar-refractivity contribution in [2.75, 3.05) is 5.09 Å². The van der Waals surface area contributed by atoms with Gasteiger partial charge in [-0.3, -0.25) is 0 Å². The topological polar surface area (TPSA) is 65.1 Å². The van der Waals surface area contributed by atoms with Gasteiger partial charge in [0.2, 0.25) is 0 Å². The van der Waals surface area contributed by atoms with E-state index < -0.39 is 5.97 Å². The van der Waals surface area contributed by atoms with E-state index in [0.29, 0.717) is 5.69 Å². The summed E-state index contributed by atoms with van der Waals surface area (Å²) in [5, 5.41) is 11.2. The molecule has 0 aliphatic carbocycles. The summed E-state index contributed by atoms with van der Waals surface area (Å²) in [6.45, 7) is 0. The van der Waals surface area contributed by atoms with Crippen LogP contribution in [0.1, 0.15) is 10.5 Å². The van der Waals surface area contributed by atoms with Crippen molar-refractivity contribution in [3.05, 3.63) is 18.0 Å². The molecule has 0 saturated heterocycles. The number of aromatic amines is 1. The lowest BCUT2D eigenvalue weighted by atomic mass is 10.4. The quantitative estimate of drug-likeness (QED) is 0.560. The molecule has 0 spiro atoms. The molecule has 0 amide bonds. The van der Waals surface area contributed by atoms with Crippen LogP contribution < -0.4 is 5.09 Å². The fraction of sp³-hybridized carbons (Fsp3) is 0. The third kappa shape index (κ3) is 1.11. The smallest absolute Gasteiger partial charge is 0.354 e. The van der Waals surface area contributed by atoms with Crippen molar-refractivity contribution in [2.45, 2.75) is 0 Å². The summed E-state index contributed by atoms with van der Waals surface area (Å²) < 4.78 is 0. The van der Waals surface area contributed by atoms with Gasteiger partial charge in [0.15, 0.2) is 0 Å². The highest BCUT2D eigenvalue weighted by Gasteiger charge is 2.08. The van der Waals surface area contributed by atoms with Crippen molar-refractivity contribution < 1.29 is 9.90 Å². The fourth-order valence-corrected chi connectivity index (χ4v) is 0.907. The number of aromatic carboxylic acids is 1. The number of H-pyrrole nitrogens is 1. The Balaban J connectivity index is 3.01. The highest BCUT2D eigenvalue weighted by atomic mass is 31.0. The molecule has 1 heterocycles. The highest BCUT2D eigenvalue weighted by Crippen LogP contribution is 2.14. The number of hydrogen-bond acceptors (Lipinski definition) is 2. The van der Waals surface area contributed by atoms with Gasteiger partial charge in [-0.2, -0.15) is 0 Å². The monoisotopic (exact) mass is 158 g/mol. The zero-order chi connectivity index (χ0) is 7.56. The van der Waals surface area contributed by atoms with Gasteiger partial charge in [-0.05, 0) is 15.5 Å². The van der Waals surface area contributed by atoms with Crippen LogP contribution >= 0.6 is 9.39 Å². The number of carbonyl (C=O) groups is 1. The molecule has 0 bridgehead atoms. The lowest BCUT2D eigenvalue weighted by Gasteiger charge is -1.95. The first kappa shape index (κ1) is 7.09. The molecule has 1 unspecified atom stereocenters. The largest absolute Gasteiger partial charge is 0.477 e. The third-order valence-electron chi connectivity index (χ3n) is 1.12. The lowest BCUT2D eigenvalue weighted by molar-refractivity contribution is 0.0692. The van der Waals surface area contributed by atoms with E-state index in [0.717, 1.165) is 0 Å². The van der Waals surface area contributed by atoms with Gasteiger partial charge in [0, 0.05) is 6.20 Å². The van der Waals surface area contributed by atoms with Crippen LogP contribution in [0.2, 0.25) is 0 Å². The number of carboxylic acids is 1. The van der Waals surface area contributed by atoms with E-state index in [1.54, 1.807) is 12.3 Å². The van der Waals surface area contributed by atoms with Gasteiger partial charge in [0.25, 0.3) is 0 Å². The van der Waals surface area contributed by atoms with Crippen molar-refractivity contribution in [1.82, 2.24) is 4.98 Å². The predicted molar refractivity (Wildman–Crippen MR) is 41.1 cm³/mol. The maximum absolute atomic E-state index is 10.4. The number of aromatic nitrogens is 1. The van der Waals surface area contributed by atoms with Crippen LogP contribution in [-0.4, -0.2) is 16.1 Å². The Labute approximate surface area is 59.9 Å². The molecule has 5 heteroatoms. The first-order chi connectivity index (χ1) is 4.75. The fourth-order valence-electron chi connectivity index (χ4n) is 0.667. The second-order valence-corrected chi connectivity index (χ2v) is 2.00. The van der Waals surface area contributed by atoms with Crippen LogP contribution in [0, 0.1) is 0 Å². The van der Waals surface area contributed by atoms with Gasteiger partial charge in [-0.1, -0.05) is 0 Å². The Morgan fingerprint density at radius 1 is 1.80 bits per heavy atom. The lowest BCUT2D eigenvalue weighted by Crippen LogP contribution is -1.98. The summed E-state index contributed by atoms with van der Waals surface area (Å²) in [5.41, 5.74) is 0.743. The molecule has 0 aliphatic heterocycles. The van der Waals surface area contributed by atoms with Gasteiger partial charge in [-0.25, -0.2) is 4.79 Å². The minimum atomic E-state index is -0.963. The molecular formula is C5H7N2O2P. The highest BCUT2D eigenvalue weighted by molar-refractivity contribution is 7.18. The van der Waals surface area contributed by atoms with Crippen LogP contribution in [0.3, 0.4) is 0 Å². The Morgan fingerprint density at radius 2 is 2.50 bits per heavy atom. The molecule has 0 aliphatic rings. The Morgan fingerprint density at radius 3 is 2.90 bits per heavy atom. The van der Waals surface area contributed by atoms with Crippen LogP contribution in [0.25, 0.3) is 0 Å². The van der Waals surface area contributed by atoms with E-state index in [2.05, 4.69) is 19.5 Å². The molecule has 54 valence electrons. The average Bonchev–Trinajstić information content (AvgIpc) is 2.33. The minimum absolute atomic E-state index is 0.176. The van der Waals surface area contributed by atoms with Gasteiger partial charge in [0.05, 0.1) is 5.69 Å². The van der Waals surface area contributed by atoms with Crippen molar-refractivity contribution in [1.29, 1.82) is 0 Å². The van der Waals surface area contributed by atoms with Gasteiger partial charge < -0.3 is 15.2 Å². The van der Waals surface area contributed by atoms with Crippen molar-refractivity contribution in [2.24, 2.45) is 0 Å². The molecule has 0 aromatic carbocycles. The van der Waals surface area contributed by atoms with Gasteiger partial charge >= 0.3 is 5.97 Å². The Kier molecular flexibility index (Phi) is 1.92. The zero-order valence-electron chi connectivity index (χ0n) is 5.09. The predicted octanol–water partition coefficient (Wildman–Crippen LogP) is 0.915. The van der Waals surface area contributed by atoms with Gasteiger partial charge in [-0.15, -0.1) is 0 Å². The number of rotatable bonds is 2. The van der Waals surface area contributed by atoms with E-state index >= 15 is 0 Å². The zero-order valence-corrected chi connectivity index (χ0v) is 6.24. The normalized spacial score (nSPS) is 9.30. The second-order valence-electron chi connectivity index (χ2n) is 1.72. The molecule has 0 saturated carbocycles. The Bertz CT molecular complexity index is 246. The van der Waals surface area contributed by atoms with E-state index in [1.165, 1.54) is 0 Å². The second kappa shape index (κ2) is 2.71. The molecule has 1 rings (SSSR count). The van der Waals surface area contributed by atoms with Crippen molar-refractivity contribution in [3.63, 3.8) is 0 Å². The average molecular weight is 158 g/mol. The maximum atomic E-state index is 10.4. The van der Waals surface area contributed by atoms with E-state index in [-0.39, 0.29) is 5.69 Å². The molecule has 1 aromatic rings. The van der Waals surface area contributed by atoms with Crippen LogP contribution in [0.5, 0.6) is 0 Å². The number of nitrogens with one attached hydrogen (secondary N) is 2. The first-order valence-electron chi connectivity index (χ1n) is 2.63. The van der Waals surface area contributed by atoms with Crippen LogP contribution in [0.15, 0.2) is 12.3 Å². The number of hydrogen-bond donors (Lipinski definition) is 3. The standard InChI is InChI=1S/C5H7N2O2P/c8-5(9)4-3(7-10)1-2-6-4/h1-2,6-7H,10H2,(H,8,9). The van der Waals surface area contributed by atoms with Gasteiger partial charge in [0.1, 0.15) is 5.69 Å². The van der Waals surface area contributed by atoms with Crippen molar-refractivity contribution >= 4 is 21.0 Å². The third-order valence-corrected chi connectivity index (χ3v) is 1.43. The molecule has 3 N–H and O–H groups in total. The summed E-state index contributed by atoms with van der Waals surface area (Å²) >= 11 is 0. The van der Waals surface area contributed by atoms with E-state index in [1.807, 2.05) is 0 Å². The Hall–Kier alpha value is -1.02. The summed E-state index contributed by atoms with van der Waals surface area (Å²) in [4.78, 5) is 12.9. The molecule has 10 heavy (non-hydrogen) atoms. The molecule has 0 radical (unpaired) electrons. The van der Waals surface area contributed by atoms with E-state index in [9.17, 15) is 4.79 Å². The van der Waals surface area contributed by atoms with Crippen LogP contribution in [0.4, 0.5) is 5.69 Å². The SMILES string of the molecule is O=C(O)c1[nH]ccc1NP. The summed E-state index contributed by atoms with van der Waals surface area (Å²) in [7, 11) is 2.23. The summed E-state index contributed by atoms with van der Waals surface area (Å²) in [6.07, 6.45) is 1.57. The molecule has 0 fully saturated rings. The molecule has 4 nitrogen and oxygen atoms in total. The molecule has 1 atom stereocenters. The minimum Gasteiger partial charge on any atom is -0.477 e. The first-order valence-corrected chi connectivity index (χ1v) is 3.20. The maximum Gasteiger partial charge on any atom is 0.354 e. The van der Waals surface area contributed by atoms with Crippen molar-refractivity contribution in [3.8, 4) is 0 Å². The molecular weight excluding hydrogens is 151 g/mol. The molecule has 1 aromatic heterocycles.